The molecule has 2 N–H and O–H groups in total. The van der Waals surface area contributed by atoms with Crippen molar-refractivity contribution in [3.63, 3.8) is 0 Å². The molecule has 2 aliphatic rings. The van der Waals surface area contributed by atoms with E-state index in [2.05, 4.69) is 0 Å². The van der Waals surface area contributed by atoms with E-state index in [0.29, 0.717) is 13.3 Å². The molecule has 1 fully saturated rings. The molecule has 0 aromatic heterocycles. The maximum atomic E-state index is 5.47. The average molecular weight is 153 g/mol. The van der Waals surface area contributed by atoms with Crippen molar-refractivity contribution in [3.05, 3.63) is 23.8 Å². The summed E-state index contributed by atoms with van der Waals surface area (Å²) in [6.07, 6.45) is 6.23. The summed E-state index contributed by atoms with van der Waals surface area (Å²) in [6.45, 7) is 0.969. The molecule has 3 nitrogen and oxygen atoms in total. The summed E-state index contributed by atoms with van der Waals surface area (Å²) in [5.74, 6) is 0. The van der Waals surface area contributed by atoms with Gasteiger partial charge >= 0.3 is 0 Å². The predicted molar refractivity (Wildman–Crippen MR) is 40.9 cm³/mol. The van der Waals surface area contributed by atoms with Crippen LogP contribution in [0.1, 0.15) is 0 Å². The third-order valence-electron chi connectivity index (χ3n) is 1.96. The molecular formula is C8H11NO2. The van der Waals surface area contributed by atoms with Gasteiger partial charge in [0.2, 0.25) is 0 Å². The highest BCUT2D eigenvalue weighted by Gasteiger charge is 2.27. The lowest BCUT2D eigenvalue weighted by Crippen LogP contribution is -2.22. The van der Waals surface area contributed by atoms with Gasteiger partial charge in [0.15, 0.2) is 0 Å². The van der Waals surface area contributed by atoms with Gasteiger partial charge in [-0.15, -0.1) is 0 Å². The van der Waals surface area contributed by atoms with Crippen LogP contribution in [0.15, 0.2) is 23.8 Å². The minimum atomic E-state index is 0.0959. The minimum Gasteiger partial charge on any atom is -0.345 e. The molecule has 0 aromatic carbocycles. The first-order valence-corrected chi connectivity index (χ1v) is 3.72. The van der Waals surface area contributed by atoms with Crippen molar-refractivity contribution in [1.29, 1.82) is 0 Å². The molecule has 0 bridgehead atoms. The van der Waals surface area contributed by atoms with Crippen molar-refractivity contribution < 1.29 is 9.47 Å². The molecule has 2 rings (SSSR count). The number of hydrogen-bond acceptors (Lipinski definition) is 3. The van der Waals surface area contributed by atoms with Crippen LogP contribution in [-0.4, -0.2) is 25.5 Å². The van der Waals surface area contributed by atoms with Gasteiger partial charge in [-0.05, 0) is 11.6 Å². The Morgan fingerprint density at radius 1 is 1.45 bits per heavy atom. The molecule has 11 heavy (non-hydrogen) atoms. The minimum absolute atomic E-state index is 0.0959. The Morgan fingerprint density at radius 3 is 3.09 bits per heavy atom. The summed E-state index contributed by atoms with van der Waals surface area (Å²) in [6, 6.07) is 0. The van der Waals surface area contributed by atoms with E-state index in [1.807, 2.05) is 18.2 Å². The van der Waals surface area contributed by atoms with Crippen LogP contribution in [0.2, 0.25) is 0 Å². The van der Waals surface area contributed by atoms with Gasteiger partial charge in [0, 0.05) is 6.54 Å². The molecule has 1 saturated heterocycles. The predicted octanol–water partition coefficient (Wildman–Crippen LogP) is 0.183. The standard InChI is InChI=1S/C8H11NO2/c9-4-6-1-2-7-8(3-6)11-5-10-7/h1-3,7-8H,4-5,9H2. The third kappa shape index (κ3) is 1.22. The summed E-state index contributed by atoms with van der Waals surface area (Å²) >= 11 is 0. The molecule has 1 aliphatic carbocycles. The van der Waals surface area contributed by atoms with Crippen LogP contribution in [0, 0.1) is 0 Å². The van der Waals surface area contributed by atoms with Gasteiger partial charge in [0.1, 0.15) is 19.0 Å². The molecule has 2 atom stereocenters. The van der Waals surface area contributed by atoms with Crippen molar-refractivity contribution in [3.8, 4) is 0 Å². The fraction of sp³-hybridized carbons (Fsp3) is 0.500. The number of hydrogen-bond donors (Lipinski definition) is 1. The molecule has 60 valence electrons. The fourth-order valence-corrected chi connectivity index (χ4v) is 1.32. The Balaban J connectivity index is 2.14. The average Bonchev–Trinajstić information content (AvgIpc) is 2.50. The zero-order chi connectivity index (χ0) is 7.68. The third-order valence-corrected chi connectivity index (χ3v) is 1.96. The number of fused-ring (bicyclic) bond motifs is 1. The summed E-state index contributed by atoms with van der Waals surface area (Å²) in [4.78, 5) is 0. The summed E-state index contributed by atoms with van der Waals surface area (Å²) in [5, 5.41) is 0. The molecule has 1 heterocycles. The van der Waals surface area contributed by atoms with Crippen LogP contribution in [0.4, 0.5) is 0 Å². The van der Waals surface area contributed by atoms with Crippen LogP contribution in [0.5, 0.6) is 0 Å². The summed E-state index contributed by atoms with van der Waals surface area (Å²) in [5.41, 5.74) is 6.59. The van der Waals surface area contributed by atoms with Gasteiger partial charge in [-0.25, -0.2) is 0 Å². The number of nitrogens with two attached hydrogens (primary N) is 1. The van der Waals surface area contributed by atoms with E-state index in [0.717, 1.165) is 5.57 Å². The van der Waals surface area contributed by atoms with E-state index in [1.54, 1.807) is 0 Å². The molecule has 0 amide bonds. The first-order chi connectivity index (χ1) is 5.40. The van der Waals surface area contributed by atoms with Crippen molar-refractivity contribution in [2.75, 3.05) is 13.3 Å². The molecule has 0 spiro atoms. The Labute approximate surface area is 65.5 Å². The zero-order valence-corrected chi connectivity index (χ0v) is 6.19. The van der Waals surface area contributed by atoms with E-state index < -0.39 is 0 Å². The van der Waals surface area contributed by atoms with Crippen LogP contribution in [0.3, 0.4) is 0 Å². The Morgan fingerprint density at radius 2 is 2.27 bits per heavy atom. The van der Waals surface area contributed by atoms with Gasteiger partial charge in [-0.1, -0.05) is 12.2 Å². The first-order valence-electron chi connectivity index (χ1n) is 3.72. The van der Waals surface area contributed by atoms with Gasteiger partial charge in [0.25, 0.3) is 0 Å². The van der Waals surface area contributed by atoms with Gasteiger partial charge < -0.3 is 15.2 Å². The van der Waals surface area contributed by atoms with Crippen molar-refractivity contribution in [2.45, 2.75) is 12.2 Å². The van der Waals surface area contributed by atoms with Crippen LogP contribution in [0.25, 0.3) is 0 Å². The van der Waals surface area contributed by atoms with Gasteiger partial charge in [0.05, 0.1) is 0 Å². The molecule has 0 radical (unpaired) electrons. The van der Waals surface area contributed by atoms with E-state index in [9.17, 15) is 0 Å². The monoisotopic (exact) mass is 153 g/mol. The molecule has 0 saturated carbocycles. The van der Waals surface area contributed by atoms with E-state index in [4.69, 9.17) is 15.2 Å². The topological polar surface area (TPSA) is 44.5 Å². The Kier molecular flexibility index (Phi) is 1.77. The lowest BCUT2D eigenvalue weighted by molar-refractivity contribution is 0.0503. The lowest BCUT2D eigenvalue weighted by Gasteiger charge is -2.14. The highest BCUT2D eigenvalue weighted by atomic mass is 16.7. The van der Waals surface area contributed by atoms with Crippen LogP contribution >= 0.6 is 0 Å². The Hall–Kier alpha value is -0.640. The highest BCUT2D eigenvalue weighted by molar-refractivity contribution is 5.28. The van der Waals surface area contributed by atoms with Crippen LogP contribution in [-0.2, 0) is 9.47 Å². The van der Waals surface area contributed by atoms with Crippen molar-refractivity contribution in [2.24, 2.45) is 5.73 Å². The molecule has 2 unspecified atom stereocenters. The van der Waals surface area contributed by atoms with Crippen molar-refractivity contribution >= 4 is 0 Å². The highest BCUT2D eigenvalue weighted by Crippen LogP contribution is 2.21. The normalized spacial score (nSPS) is 35.2. The van der Waals surface area contributed by atoms with Gasteiger partial charge in [-0.2, -0.15) is 0 Å². The maximum absolute atomic E-state index is 5.47. The largest absolute Gasteiger partial charge is 0.345 e. The molecular weight excluding hydrogens is 142 g/mol. The first kappa shape index (κ1) is 7.03. The number of ether oxygens (including phenoxy) is 2. The van der Waals surface area contributed by atoms with Crippen molar-refractivity contribution in [1.82, 2.24) is 0 Å². The second-order valence-electron chi connectivity index (χ2n) is 2.69. The number of rotatable bonds is 1. The SMILES string of the molecule is NCC1=CC2OCOC2C=C1. The molecule has 1 aliphatic heterocycles. The smallest absolute Gasteiger partial charge is 0.148 e. The quantitative estimate of drug-likeness (QED) is 0.584. The molecule has 3 heteroatoms. The zero-order valence-electron chi connectivity index (χ0n) is 6.19. The van der Waals surface area contributed by atoms with Gasteiger partial charge in [-0.3, -0.25) is 0 Å². The summed E-state index contributed by atoms with van der Waals surface area (Å²) in [7, 11) is 0. The van der Waals surface area contributed by atoms with E-state index in [-0.39, 0.29) is 12.2 Å². The summed E-state index contributed by atoms with van der Waals surface area (Å²) < 4.78 is 10.5. The van der Waals surface area contributed by atoms with E-state index in [1.165, 1.54) is 0 Å². The molecule has 0 aromatic rings. The van der Waals surface area contributed by atoms with E-state index >= 15 is 0 Å². The Bertz CT molecular complexity index is 210. The van der Waals surface area contributed by atoms with Crippen LogP contribution < -0.4 is 5.73 Å². The maximum Gasteiger partial charge on any atom is 0.148 e. The second kappa shape index (κ2) is 2.77. The fourth-order valence-electron chi connectivity index (χ4n) is 1.32. The second-order valence-corrected chi connectivity index (χ2v) is 2.69. The lowest BCUT2D eigenvalue weighted by atomic mass is 10.0.